The third kappa shape index (κ3) is 4.76. The maximum absolute atomic E-state index is 14.1. The first-order chi connectivity index (χ1) is 15.2. The second-order valence-electron chi connectivity index (χ2n) is 8.23. The van der Waals surface area contributed by atoms with Gasteiger partial charge in [0.25, 0.3) is 5.92 Å². The predicted octanol–water partition coefficient (Wildman–Crippen LogP) is 4.22. The number of hydrogen-bond donors (Lipinski definition) is 2. The Balaban J connectivity index is 1.76. The Hall–Kier alpha value is -2.58. The van der Waals surface area contributed by atoms with Gasteiger partial charge in [-0.2, -0.15) is 0 Å². The van der Waals surface area contributed by atoms with Crippen LogP contribution in [0.2, 0.25) is 5.02 Å². The molecule has 1 saturated heterocycles. The lowest BCUT2D eigenvalue weighted by atomic mass is 9.87. The molecular weight excluding hydrogens is 443 g/mol. The van der Waals surface area contributed by atoms with E-state index in [9.17, 15) is 22.8 Å². The smallest absolute Gasteiger partial charge is 0.252 e. The summed E-state index contributed by atoms with van der Waals surface area (Å²) in [4.78, 5) is 28.2. The SMILES string of the molecule is O=C(NC1CC(F)(F)C1)C(c1ccccc1Cl)N(C(=O)[C@@H]1CCCN1)c1cccc(F)c1. The molecular formula is C23H23ClF3N3O2. The van der Waals surface area contributed by atoms with E-state index in [4.69, 9.17) is 11.6 Å². The molecule has 0 radical (unpaired) electrons. The Morgan fingerprint density at radius 3 is 2.53 bits per heavy atom. The first-order valence-corrected chi connectivity index (χ1v) is 10.9. The molecule has 2 fully saturated rings. The van der Waals surface area contributed by atoms with E-state index in [0.29, 0.717) is 18.5 Å². The Bertz CT molecular complexity index is 1010. The van der Waals surface area contributed by atoms with Gasteiger partial charge < -0.3 is 10.6 Å². The molecule has 1 saturated carbocycles. The molecule has 9 heteroatoms. The third-order valence-electron chi connectivity index (χ3n) is 5.83. The summed E-state index contributed by atoms with van der Waals surface area (Å²) in [6.45, 7) is 0.646. The summed E-state index contributed by atoms with van der Waals surface area (Å²) >= 11 is 6.39. The van der Waals surface area contributed by atoms with Gasteiger partial charge in [-0.3, -0.25) is 14.5 Å². The normalized spacial score (nSPS) is 20.9. The highest BCUT2D eigenvalue weighted by atomic mass is 35.5. The summed E-state index contributed by atoms with van der Waals surface area (Å²) < 4.78 is 40.8. The van der Waals surface area contributed by atoms with Crippen molar-refractivity contribution < 1.29 is 22.8 Å². The molecule has 4 rings (SSSR count). The minimum absolute atomic E-state index is 0.183. The molecule has 0 aromatic heterocycles. The molecule has 5 nitrogen and oxygen atoms in total. The van der Waals surface area contributed by atoms with Crippen molar-refractivity contribution in [3.8, 4) is 0 Å². The lowest BCUT2D eigenvalue weighted by Gasteiger charge is -2.38. The van der Waals surface area contributed by atoms with Gasteiger partial charge in [-0.15, -0.1) is 0 Å². The Kier molecular flexibility index (Phi) is 6.44. The van der Waals surface area contributed by atoms with Crippen LogP contribution >= 0.6 is 11.6 Å². The van der Waals surface area contributed by atoms with Gasteiger partial charge in [-0.25, -0.2) is 13.2 Å². The van der Waals surface area contributed by atoms with E-state index >= 15 is 0 Å². The Morgan fingerprint density at radius 2 is 1.91 bits per heavy atom. The number of nitrogens with one attached hydrogen (secondary N) is 2. The van der Waals surface area contributed by atoms with Crippen molar-refractivity contribution in [1.29, 1.82) is 0 Å². The molecule has 2 atom stereocenters. The highest BCUT2D eigenvalue weighted by Gasteiger charge is 2.47. The standard InChI is InChI=1S/C23H23ClF3N3O2/c24-18-8-2-1-7-17(18)20(21(31)29-15-12-23(26,27)13-15)30(16-6-3-5-14(25)11-16)22(32)19-9-4-10-28-19/h1-3,5-8,11,15,19-20,28H,4,9-10,12-13H2,(H,29,31)/t19-,20?/m0/s1. The monoisotopic (exact) mass is 465 g/mol. The van der Waals surface area contributed by atoms with Crippen molar-refractivity contribution in [3.63, 3.8) is 0 Å². The summed E-state index contributed by atoms with van der Waals surface area (Å²) in [6, 6.07) is 9.39. The number of halogens is 4. The summed E-state index contributed by atoms with van der Waals surface area (Å²) in [7, 11) is 0. The van der Waals surface area contributed by atoms with Crippen LogP contribution in [0.25, 0.3) is 0 Å². The fourth-order valence-corrected chi connectivity index (χ4v) is 4.47. The van der Waals surface area contributed by atoms with Crippen LogP contribution in [0.1, 0.15) is 37.3 Å². The first-order valence-electron chi connectivity index (χ1n) is 10.5. The number of carbonyl (C=O) groups excluding carboxylic acids is 2. The molecule has 0 bridgehead atoms. The van der Waals surface area contributed by atoms with Crippen LogP contribution in [-0.4, -0.2) is 36.4 Å². The second-order valence-corrected chi connectivity index (χ2v) is 8.64. The third-order valence-corrected chi connectivity index (χ3v) is 6.17. The molecule has 32 heavy (non-hydrogen) atoms. The average molecular weight is 466 g/mol. The van der Waals surface area contributed by atoms with Crippen LogP contribution < -0.4 is 15.5 Å². The quantitative estimate of drug-likeness (QED) is 0.671. The number of carbonyl (C=O) groups is 2. The van der Waals surface area contributed by atoms with Crippen LogP contribution in [0.15, 0.2) is 48.5 Å². The summed E-state index contributed by atoms with van der Waals surface area (Å²) in [5.74, 6) is -4.44. The number of hydrogen-bond acceptors (Lipinski definition) is 3. The van der Waals surface area contributed by atoms with E-state index < -0.39 is 54.5 Å². The largest absolute Gasteiger partial charge is 0.351 e. The molecule has 1 heterocycles. The van der Waals surface area contributed by atoms with E-state index in [0.717, 1.165) is 6.42 Å². The summed E-state index contributed by atoms with van der Waals surface area (Å²) in [6.07, 6.45) is 0.419. The van der Waals surface area contributed by atoms with Crippen LogP contribution in [0.4, 0.5) is 18.9 Å². The van der Waals surface area contributed by atoms with E-state index in [-0.39, 0.29) is 10.7 Å². The average Bonchev–Trinajstić information content (AvgIpc) is 3.26. The fraction of sp³-hybridized carbons (Fsp3) is 0.391. The van der Waals surface area contributed by atoms with E-state index in [1.54, 1.807) is 24.3 Å². The Labute approximate surface area is 188 Å². The molecule has 2 aliphatic rings. The summed E-state index contributed by atoms with van der Waals surface area (Å²) in [5.41, 5.74) is 0.510. The van der Waals surface area contributed by atoms with Gasteiger partial charge in [0, 0.05) is 35.2 Å². The van der Waals surface area contributed by atoms with Gasteiger partial charge >= 0.3 is 0 Å². The van der Waals surface area contributed by atoms with E-state index in [2.05, 4.69) is 10.6 Å². The molecule has 0 spiro atoms. The lowest BCUT2D eigenvalue weighted by molar-refractivity contribution is -0.133. The topological polar surface area (TPSA) is 61.4 Å². The lowest BCUT2D eigenvalue weighted by Crippen LogP contribution is -2.55. The van der Waals surface area contributed by atoms with Crippen molar-refractivity contribution in [1.82, 2.24) is 10.6 Å². The van der Waals surface area contributed by atoms with Crippen LogP contribution in [0, 0.1) is 5.82 Å². The molecule has 2 N–H and O–H groups in total. The number of alkyl halides is 2. The zero-order valence-corrected chi connectivity index (χ0v) is 17.9. The zero-order chi connectivity index (χ0) is 22.9. The van der Waals surface area contributed by atoms with Gasteiger partial charge in [0.05, 0.1) is 6.04 Å². The maximum Gasteiger partial charge on any atom is 0.252 e. The van der Waals surface area contributed by atoms with Crippen molar-refractivity contribution in [2.45, 2.75) is 49.7 Å². The van der Waals surface area contributed by atoms with E-state index in [1.807, 2.05) is 0 Å². The number of nitrogens with zero attached hydrogens (tertiary/aromatic N) is 1. The minimum atomic E-state index is -2.82. The Morgan fingerprint density at radius 1 is 1.16 bits per heavy atom. The highest BCUT2D eigenvalue weighted by molar-refractivity contribution is 6.31. The number of rotatable bonds is 6. The van der Waals surface area contributed by atoms with Gasteiger partial charge in [0.1, 0.15) is 11.9 Å². The molecule has 1 unspecified atom stereocenters. The number of anilines is 1. The molecule has 170 valence electrons. The second kappa shape index (κ2) is 9.11. The van der Waals surface area contributed by atoms with E-state index in [1.165, 1.54) is 29.2 Å². The number of amides is 2. The number of benzene rings is 2. The zero-order valence-electron chi connectivity index (χ0n) is 17.2. The summed E-state index contributed by atoms with van der Waals surface area (Å²) in [5, 5.41) is 5.96. The van der Waals surface area contributed by atoms with Gasteiger partial charge in [0.15, 0.2) is 0 Å². The van der Waals surface area contributed by atoms with Crippen LogP contribution in [0.5, 0.6) is 0 Å². The molecule has 2 amide bonds. The predicted molar refractivity (Wildman–Crippen MR) is 115 cm³/mol. The van der Waals surface area contributed by atoms with Gasteiger partial charge in [-0.1, -0.05) is 35.9 Å². The van der Waals surface area contributed by atoms with Crippen molar-refractivity contribution >= 4 is 29.1 Å². The highest BCUT2D eigenvalue weighted by Crippen LogP contribution is 2.39. The van der Waals surface area contributed by atoms with Crippen LogP contribution in [0.3, 0.4) is 0 Å². The molecule has 2 aromatic carbocycles. The van der Waals surface area contributed by atoms with Crippen molar-refractivity contribution in [2.24, 2.45) is 0 Å². The fourth-order valence-electron chi connectivity index (χ4n) is 4.23. The maximum atomic E-state index is 14.1. The molecule has 1 aliphatic carbocycles. The van der Waals surface area contributed by atoms with Crippen molar-refractivity contribution in [3.05, 3.63) is 64.9 Å². The van der Waals surface area contributed by atoms with Gasteiger partial charge in [0.2, 0.25) is 11.8 Å². The first kappa shape index (κ1) is 22.6. The minimum Gasteiger partial charge on any atom is -0.351 e. The van der Waals surface area contributed by atoms with Crippen molar-refractivity contribution in [2.75, 3.05) is 11.4 Å². The molecule has 1 aliphatic heterocycles. The molecule has 2 aromatic rings. The van der Waals surface area contributed by atoms with Gasteiger partial charge in [-0.05, 0) is 43.7 Å². The van der Waals surface area contributed by atoms with Crippen LogP contribution in [-0.2, 0) is 9.59 Å².